The number of aromatic nitrogens is 2. The van der Waals surface area contributed by atoms with E-state index in [2.05, 4.69) is 43.8 Å². The molecule has 0 radical (unpaired) electrons. The summed E-state index contributed by atoms with van der Waals surface area (Å²) >= 11 is 3.52. The number of aryl methyl sites for hydroxylation is 1. The number of nitrogens with zero attached hydrogens (tertiary/aromatic N) is 3. The van der Waals surface area contributed by atoms with Gasteiger partial charge in [0.15, 0.2) is 0 Å². The van der Waals surface area contributed by atoms with Crippen LogP contribution in [0.1, 0.15) is 44.7 Å². The SMILES string of the molecule is CCCc1cc(N(CCCBr)C2CCC2)ncn1. The Labute approximate surface area is 118 Å². The van der Waals surface area contributed by atoms with Gasteiger partial charge in [0, 0.05) is 29.7 Å². The molecule has 0 atom stereocenters. The molecule has 0 aromatic carbocycles. The average molecular weight is 312 g/mol. The van der Waals surface area contributed by atoms with Crippen molar-refractivity contribution in [3.05, 3.63) is 18.1 Å². The monoisotopic (exact) mass is 311 g/mol. The number of hydrogen-bond acceptors (Lipinski definition) is 3. The Morgan fingerprint density at radius 1 is 1.39 bits per heavy atom. The molecular formula is C14H22BrN3. The third kappa shape index (κ3) is 3.44. The lowest BCUT2D eigenvalue weighted by molar-refractivity contribution is 0.384. The highest BCUT2D eigenvalue weighted by atomic mass is 79.9. The quantitative estimate of drug-likeness (QED) is 0.721. The molecule has 0 spiro atoms. The van der Waals surface area contributed by atoms with Crippen LogP contribution in [0.4, 0.5) is 5.82 Å². The molecule has 0 amide bonds. The molecule has 0 aliphatic heterocycles. The maximum Gasteiger partial charge on any atom is 0.132 e. The minimum Gasteiger partial charge on any atom is -0.354 e. The maximum atomic E-state index is 4.48. The summed E-state index contributed by atoms with van der Waals surface area (Å²) in [6.07, 6.45) is 9.07. The van der Waals surface area contributed by atoms with Crippen LogP contribution in [0.5, 0.6) is 0 Å². The number of alkyl halides is 1. The van der Waals surface area contributed by atoms with E-state index in [4.69, 9.17) is 0 Å². The van der Waals surface area contributed by atoms with E-state index in [1.165, 1.54) is 31.4 Å². The molecule has 0 bridgehead atoms. The van der Waals surface area contributed by atoms with Gasteiger partial charge in [-0.2, -0.15) is 0 Å². The van der Waals surface area contributed by atoms with Gasteiger partial charge in [0.1, 0.15) is 12.1 Å². The van der Waals surface area contributed by atoms with Crippen LogP contribution in [0.3, 0.4) is 0 Å². The highest BCUT2D eigenvalue weighted by molar-refractivity contribution is 9.09. The van der Waals surface area contributed by atoms with Crippen LogP contribution in [-0.2, 0) is 6.42 Å². The number of rotatable bonds is 7. The zero-order valence-electron chi connectivity index (χ0n) is 11.1. The summed E-state index contributed by atoms with van der Waals surface area (Å²) in [6.45, 7) is 3.29. The van der Waals surface area contributed by atoms with Gasteiger partial charge in [-0.25, -0.2) is 9.97 Å². The first-order valence-electron chi connectivity index (χ1n) is 6.98. The van der Waals surface area contributed by atoms with Crippen molar-refractivity contribution in [3.63, 3.8) is 0 Å². The Kier molecular flexibility index (Phi) is 5.42. The number of halogens is 1. The lowest BCUT2D eigenvalue weighted by Crippen LogP contribution is -2.41. The molecule has 0 saturated heterocycles. The Hall–Kier alpha value is -0.640. The van der Waals surface area contributed by atoms with Gasteiger partial charge in [0.25, 0.3) is 0 Å². The summed E-state index contributed by atoms with van der Waals surface area (Å²) in [7, 11) is 0. The van der Waals surface area contributed by atoms with Crippen LogP contribution in [0.15, 0.2) is 12.4 Å². The van der Waals surface area contributed by atoms with Crippen LogP contribution in [0, 0.1) is 0 Å². The predicted octanol–water partition coefficient (Wildman–Crippen LogP) is 3.57. The van der Waals surface area contributed by atoms with Gasteiger partial charge in [0.2, 0.25) is 0 Å². The molecule has 0 N–H and O–H groups in total. The maximum absolute atomic E-state index is 4.48. The fraction of sp³-hybridized carbons (Fsp3) is 0.714. The second kappa shape index (κ2) is 7.07. The molecule has 4 heteroatoms. The van der Waals surface area contributed by atoms with Crippen molar-refractivity contribution in [1.82, 2.24) is 9.97 Å². The smallest absolute Gasteiger partial charge is 0.132 e. The molecule has 100 valence electrons. The second-order valence-corrected chi connectivity index (χ2v) is 5.73. The standard InChI is InChI=1S/C14H22BrN3/c1-2-5-12-10-14(17-11-16-12)18(9-4-8-15)13-6-3-7-13/h10-11,13H,2-9H2,1H3. The van der Waals surface area contributed by atoms with Crippen molar-refractivity contribution in [2.45, 2.75) is 51.5 Å². The van der Waals surface area contributed by atoms with Gasteiger partial charge in [-0.15, -0.1) is 0 Å². The van der Waals surface area contributed by atoms with Crippen LogP contribution in [0.25, 0.3) is 0 Å². The molecule has 1 aromatic rings. The Balaban J connectivity index is 2.10. The molecule has 3 nitrogen and oxygen atoms in total. The molecule has 0 unspecified atom stereocenters. The zero-order valence-corrected chi connectivity index (χ0v) is 12.7. The third-order valence-electron chi connectivity index (χ3n) is 3.56. The summed E-state index contributed by atoms with van der Waals surface area (Å²) in [5.74, 6) is 1.12. The fourth-order valence-corrected chi connectivity index (χ4v) is 2.60. The normalized spacial score (nSPS) is 15.4. The largest absolute Gasteiger partial charge is 0.354 e. The molecule has 2 rings (SSSR count). The Morgan fingerprint density at radius 3 is 2.83 bits per heavy atom. The van der Waals surface area contributed by atoms with Crippen molar-refractivity contribution in [2.75, 3.05) is 16.8 Å². The summed E-state index contributed by atoms with van der Waals surface area (Å²) in [4.78, 5) is 11.3. The van der Waals surface area contributed by atoms with E-state index in [0.717, 1.165) is 30.5 Å². The average Bonchev–Trinajstić information content (AvgIpc) is 2.33. The van der Waals surface area contributed by atoms with Crippen molar-refractivity contribution in [1.29, 1.82) is 0 Å². The number of hydrogen-bond donors (Lipinski definition) is 0. The molecule has 18 heavy (non-hydrogen) atoms. The summed E-state index contributed by atoms with van der Waals surface area (Å²) < 4.78 is 0. The van der Waals surface area contributed by atoms with E-state index in [9.17, 15) is 0 Å². The van der Waals surface area contributed by atoms with Gasteiger partial charge < -0.3 is 4.90 Å². The molecule has 1 aliphatic rings. The van der Waals surface area contributed by atoms with Crippen LogP contribution in [0.2, 0.25) is 0 Å². The van der Waals surface area contributed by atoms with Crippen LogP contribution < -0.4 is 4.90 Å². The van der Waals surface area contributed by atoms with Crippen LogP contribution >= 0.6 is 15.9 Å². The highest BCUT2D eigenvalue weighted by Gasteiger charge is 2.25. The molecule has 1 aliphatic carbocycles. The summed E-state index contributed by atoms with van der Waals surface area (Å²) in [6, 6.07) is 2.88. The van der Waals surface area contributed by atoms with Gasteiger partial charge in [0.05, 0.1) is 0 Å². The highest BCUT2D eigenvalue weighted by Crippen LogP contribution is 2.28. The Bertz CT molecular complexity index is 366. The van der Waals surface area contributed by atoms with Gasteiger partial charge in [-0.05, 0) is 32.1 Å². The Morgan fingerprint density at radius 2 is 2.22 bits per heavy atom. The molecule has 1 fully saturated rings. The van der Waals surface area contributed by atoms with Gasteiger partial charge >= 0.3 is 0 Å². The van der Waals surface area contributed by atoms with E-state index in [-0.39, 0.29) is 0 Å². The lowest BCUT2D eigenvalue weighted by Gasteiger charge is -2.38. The second-order valence-electron chi connectivity index (χ2n) is 4.94. The molecule has 1 heterocycles. The predicted molar refractivity (Wildman–Crippen MR) is 79.4 cm³/mol. The first kappa shape index (κ1) is 13.8. The minimum absolute atomic E-state index is 0.702. The van der Waals surface area contributed by atoms with E-state index in [1.54, 1.807) is 6.33 Å². The summed E-state index contributed by atoms with van der Waals surface area (Å²) in [5.41, 5.74) is 1.17. The first-order valence-corrected chi connectivity index (χ1v) is 8.10. The zero-order chi connectivity index (χ0) is 12.8. The van der Waals surface area contributed by atoms with Crippen molar-refractivity contribution < 1.29 is 0 Å². The van der Waals surface area contributed by atoms with E-state index >= 15 is 0 Å². The number of anilines is 1. The van der Waals surface area contributed by atoms with E-state index in [0.29, 0.717) is 6.04 Å². The lowest BCUT2D eigenvalue weighted by atomic mass is 9.91. The first-order chi connectivity index (χ1) is 8.85. The van der Waals surface area contributed by atoms with Crippen molar-refractivity contribution >= 4 is 21.7 Å². The molecular weight excluding hydrogens is 290 g/mol. The van der Waals surface area contributed by atoms with Crippen LogP contribution in [-0.4, -0.2) is 27.9 Å². The molecule has 1 saturated carbocycles. The topological polar surface area (TPSA) is 29.0 Å². The minimum atomic E-state index is 0.702. The van der Waals surface area contributed by atoms with Gasteiger partial charge in [-0.3, -0.25) is 0 Å². The third-order valence-corrected chi connectivity index (χ3v) is 4.12. The van der Waals surface area contributed by atoms with E-state index in [1.807, 2.05) is 0 Å². The van der Waals surface area contributed by atoms with Gasteiger partial charge in [-0.1, -0.05) is 29.3 Å². The molecule has 1 aromatic heterocycles. The summed E-state index contributed by atoms with van der Waals surface area (Å²) in [5, 5.41) is 1.06. The van der Waals surface area contributed by atoms with Crippen molar-refractivity contribution in [3.8, 4) is 0 Å². The van der Waals surface area contributed by atoms with E-state index < -0.39 is 0 Å². The fourth-order valence-electron chi connectivity index (χ4n) is 2.35. The van der Waals surface area contributed by atoms with Crippen molar-refractivity contribution in [2.24, 2.45) is 0 Å².